The first-order valence-corrected chi connectivity index (χ1v) is 6.41. The summed E-state index contributed by atoms with van der Waals surface area (Å²) in [6.07, 6.45) is 1.66. The van der Waals surface area contributed by atoms with E-state index in [4.69, 9.17) is 5.11 Å². The number of pyridine rings is 1. The van der Waals surface area contributed by atoms with Crippen LogP contribution in [0.2, 0.25) is 0 Å². The average Bonchev–Trinajstić information content (AvgIpc) is 2.77. The van der Waals surface area contributed by atoms with Gasteiger partial charge in [0.2, 0.25) is 0 Å². The molecule has 0 radical (unpaired) electrons. The topological polar surface area (TPSA) is 92.4 Å². The monoisotopic (exact) mass is 333 g/mol. The smallest absolute Gasteiger partial charge is 0.357 e. The number of rotatable bonds is 3. The fourth-order valence-electron chi connectivity index (χ4n) is 1.68. The summed E-state index contributed by atoms with van der Waals surface area (Å²) in [6, 6.07) is 8.85. The molecule has 3 rings (SSSR count). The molecule has 7 nitrogen and oxygen atoms in total. The van der Waals surface area contributed by atoms with Crippen molar-refractivity contribution < 1.29 is 9.90 Å². The van der Waals surface area contributed by atoms with E-state index in [0.717, 1.165) is 0 Å². The van der Waals surface area contributed by atoms with Crippen LogP contribution in [0.1, 0.15) is 10.5 Å². The zero-order valence-corrected chi connectivity index (χ0v) is 11.6. The van der Waals surface area contributed by atoms with Crippen LogP contribution in [0.25, 0.3) is 5.65 Å². The van der Waals surface area contributed by atoms with Crippen LogP contribution in [-0.4, -0.2) is 30.7 Å². The number of anilines is 2. The van der Waals surface area contributed by atoms with Crippen molar-refractivity contribution in [1.82, 2.24) is 19.6 Å². The zero-order chi connectivity index (χ0) is 14.1. The molecule has 3 aromatic heterocycles. The predicted octanol–water partition coefficient (Wildman–Crippen LogP) is 2.33. The molecule has 0 aromatic carbocycles. The number of nitrogens with zero attached hydrogens (tertiary/aromatic N) is 4. The summed E-state index contributed by atoms with van der Waals surface area (Å²) in [4.78, 5) is 19.1. The van der Waals surface area contributed by atoms with Gasteiger partial charge in [0, 0.05) is 6.20 Å². The second kappa shape index (κ2) is 4.89. The maximum Gasteiger partial charge on any atom is 0.357 e. The maximum absolute atomic E-state index is 11.0. The molecule has 8 heteroatoms. The molecule has 0 unspecified atom stereocenters. The first-order chi connectivity index (χ1) is 9.65. The fraction of sp³-hybridized carbons (Fsp3) is 0. The van der Waals surface area contributed by atoms with Gasteiger partial charge >= 0.3 is 5.97 Å². The summed E-state index contributed by atoms with van der Waals surface area (Å²) in [5, 5.41) is 16.3. The molecular weight excluding hydrogens is 326 g/mol. The van der Waals surface area contributed by atoms with Gasteiger partial charge in [0.15, 0.2) is 17.2 Å². The molecule has 0 fully saturated rings. The SMILES string of the molecule is O=C(O)c1nc2ccc(Nc3ccccn3)nn2c1Br. The number of aromatic carboxylic acids is 1. The van der Waals surface area contributed by atoms with Gasteiger partial charge in [-0.3, -0.25) is 0 Å². The standard InChI is InChI=1S/C12H8BrN5O2/c13-11-10(12(19)20)16-9-5-4-8(17-18(9)11)15-7-3-1-2-6-14-7/h1-6H,(H,19,20)(H,14,15,17). The van der Waals surface area contributed by atoms with E-state index < -0.39 is 5.97 Å². The lowest BCUT2D eigenvalue weighted by Crippen LogP contribution is -2.01. The summed E-state index contributed by atoms with van der Waals surface area (Å²) in [5.41, 5.74) is 0.369. The Morgan fingerprint density at radius 1 is 1.25 bits per heavy atom. The summed E-state index contributed by atoms with van der Waals surface area (Å²) < 4.78 is 1.71. The van der Waals surface area contributed by atoms with E-state index in [0.29, 0.717) is 21.9 Å². The van der Waals surface area contributed by atoms with Crippen LogP contribution < -0.4 is 5.32 Å². The van der Waals surface area contributed by atoms with E-state index in [1.807, 2.05) is 12.1 Å². The van der Waals surface area contributed by atoms with E-state index in [-0.39, 0.29) is 5.69 Å². The van der Waals surface area contributed by atoms with Crippen LogP contribution in [0.15, 0.2) is 41.1 Å². The fourth-order valence-corrected chi connectivity index (χ4v) is 2.20. The van der Waals surface area contributed by atoms with Gasteiger partial charge in [-0.25, -0.2) is 19.3 Å². The van der Waals surface area contributed by atoms with Gasteiger partial charge in [0.1, 0.15) is 10.4 Å². The molecule has 20 heavy (non-hydrogen) atoms. The van der Waals surface area contributed by atoms with Crippen molar-refractivity contribution in [2.24, 2.45) is 0 Å². The highest BCUT2D eigenvalue weighted by Crippen LogP contribution is 2.20. The Hall–Kier alpha value is -2.48. The lowest BCUT2D eigenvalue weighted by molar-refractivity contribution is 0.0690. The molecular formula is C12H8BrN5O2. The van der Waals surface area contributed by atoms with E-state index in [1.165, 1.54) is 4.52 Å². The molecule has 0 aliphatic carbocycles. The van der Waals surface area contributed by atoms with E-state index in [1.54, 1.807) is 24.4 Å². The van der Waals surface area contributed by atoms with Crippen molar-refractivity contribution >= 4 is 39.2 Å². The number of halogens is 1. The van der Waals surface area contributed by atoms with Crippen LogP contribution in [0.4, 0.5) is 11.6 Å². The molecule has 3 aromatic rings. The van der Waals surface area contributed by atoms with E-state index in [9.17, 15) is 4.79 Å². The average molecular weight is 334 g/mol. The van der Waals surface area contributed by atoms with Crippen molar-refractivity contribution in [3.05, 3.63) is 46.8 Å². The second-order valence-electron chi connectivity index (χ2n) is 3.88. The Morgan fingerprint density at radius 2 is 2.10 bits per heavy atom. The summed E-state index contributed by atoms with van der Waals surface area (Å²) >= 11 is 3.19. The van der Waals surface area contributed by atoms with Gasteiger partial charge in [-0.1, -0.05) is 6.07 Å². The van der Waals surface area contributed by atoms with Gasteiger partial charge in [-0.05, 0) is 40.2 Å². The largest absolute Gasteiger partial charge is 0.476 e. The highest BCUT2D eigenvalue weighted by atomic mass is 79.9. The number of carboxylic acids is 1. The number of carbonyl (C=O) groups is 1. The molecule has 0 saturated heterocycles. The van der Waals surface area contributed by atoms with Gasteiger partial charge in [0.25, 0.3) is 0 Å². The van der Waals surface area contributed by atoms with Crippen molar-refractivity contribution in [2.75, 3.05) is 5.32 Å². The minimum Gasteiger partial charge on any atom is -0.476 e. The Bertz CT molecular complexity index is 787. The number of fused-ring (bicyclic) bond motifs is 1. The first kappa shape index (κ1) is 12.5. The van der Waals surface area contributed by atoms with Crippen molar-refractivity contribution in [1.29, 1.82) is 0 Å². The highest BCUT2D eigenvalue weighted by molar-refractivity contribution is 9.10. The number of nitrogens with one attached hydrogen (secondary N) is 1. The zero-order valence-electron chi connectivity index (χ0n) is 9.99. The molecule has 0 amide bonds. The quantitative estimate of drug-likeness (QED) is 0.764. The lowest BCUT2D eigenvalue weighted by atomic mass is 10.4. The lowest BCUT2D eigenvalue weighted by Gasteiger charge is -2.04. The van der Waals surface area contributed by atoms with Crippen molar-refractivity contribution in [2.45, 2.75) is 0 Å². The summed E-state index contributed by atoms with van der Waals surface area (Å²) in [6.45, 7) is 0. The number of hydrogen-bond acceptors (Lipinski definition) is 5. The molecule has 0 aliphatic heterocycles. The van der Waals surface area contributed by atoms with Crippen LogP contribution in [0.5, 0.6) is 0 Å². The van der Waals surface area contributed by atoms with Gasteiger partial charge in [-0.15, -0.1) is 5.10 Å². The number of carboxylic acid groups (broad SMARTS) is 1. The van der Waals surface area contributed by atoms with E-state index in [2.05, 4.69) is 36.3 Å². The molecule has 0 aliphatic rings. The minimum atomic E-state index is -1.11. The molecule has 3 heterocycles. The Balaban J connectivity index is 2.02. The Labute approximate surface area is 121 Å². The van der Waals surface area contributed by atoms with Gasteiger partial charge < -0.3 is 10.4 Å². The molecule has 0 atom stereocenters. The van der Waals surface area contributed by atoms with Gasteiger partial charge in [-0.2, -0.15) is 0 Å². The highest BCUT2D eigenvalue weighted by Gasteiger charge is 2.17. The number of aromatic nitrogens is 4. The summed E-state index contributed by atoms with van der Waals surface area (Å²) in [5.74, 6) is 0.0712. The summed E-state index contributed by atoms with van der Waals surface area (Å²) in [7, 11) is 0. The first-order valence-electron chi connectivity index (χ1n) is 5.62. The minimum absolute atomic E-state index is 0.0764. The molecule has 100 valence electrons. The van der Waals surface area contributed by atoms with Crippen LogP contribution in [0.3, 0.4) is 0 Å². The third-order valence-electron chi connectivity index (χ3n) is 2.55. The van der Waals surface area contributed by atoms with Crippen molar-refractivity contribution in [3.63, 3.8) is 0 Å². The van der Waals surface area contributed by atoms with Crippen LogP contribution >= 0.6 is 15.9 Å². The van der Waals surface area contributed by atoms with Gasteiger partial charge in [0.05, 0.1) is 0 Å². The molecule has 0 bridgehead atoms. The Morgan fingerprint density at radius 3 is 2.80 bits per heavy atom. The Kier molecular flexibility index (Phi) is 3.07. The van der Waals surface area contributed by atoms with E-state index >= 15 is 0 Å². The molecule has 0 saturated carbocycles. The van der Waals surface area contributed by atoms with Crippen LogP contribution in [0, 0.1) is 0 Å². The third-order valence-corrected chi connectivity index (χ3v) is 3.26. The van der Waals surface area contributed by atoms with Crippen LogP contribution in [-0.2, 0) is 0 Å². The number of hydrogen-bond donors (Lipinski definition) is 2. The third kappa shape index (κ3) is 2.21. The second-order valence-corrected chi connectivity index (χ2v) is 4.64. The normalized spacial score (nSPS) is 10.7. The van der Waals surface area contributed by atoms with Crippen molar-refractivity contribution in [3.8, 4) is 0 Å². The molecule has 0 spiro atoms. The predicted molar refractivity (Wildman–Crippen MR) is 75.2 cm³/mol. The number of imidazole rings is 1. The maximum atomic E-state index is 11.0. The molecule has 2 N–H and O–H groups in total.